The fourth-order valence-electron chi connectivity index (χ4n) is 1.63. The van der Waals surface area contributed by atoms with Crippen molar-refractivity contribution in [3.63, 3.8) is 0 Å². The van der Waals surface area contributed by atoms with Gasteiger partial charge in [-0.25, -0.2) is 4.79 Å². The van der Waals surface area contributed by atoms with Crippen LogP contribution in [0, 0.1) is 0 Å². The van der Waals surface area contributed by atoms with Gasteiger partial charge in [0.2, 0.25) is 5.78 Å². The molecule has 1 aliphatic heterocycles. The van der Waals surface area contributed by atoms with Crippen molar-refractivity contribution in [1.29, 1.82) is 0 Å². The zero-order valence-corrected chi connectivity index (χ0v) is 10.2. The highest BCUT2D eigenvalue weighted by Crippen LogP contribution is 2.31. The summed E-state index contributed by atoms with van der Waals surface area (Å²) >= 11 is 0. The van der Waals surface area contributed by atoms with Gasteiger partial charge in [-0.2, -0.15) is 0 Å². The molecular weight excluding hydrogens is 220 g/mol. The molecule has 17 heavy (non-hydrogen) atoms. The highest BCUT2D eigenvalue weighted by atomic mass is 16.5. The molecule has 0 aromatic carbocycles. The number of carbonyl (C=O) groups is 2. The Labute approximate surface area is 100 Å². The summed E-state index contributed by atoms with van der Waals surface area (Å²) in [5.41, 5.74) is -1.47. The van der Waals surface area contributed by atoms with Crippen LogP contribution in [0.5, 0.6) is 0 Å². The molecule has 0 unspecified atom stereocenters. The second kappa shape index (κ2) is 4.99. The molecule has 0 spiro atoms. The van der Waals surface area contributed by atoms with E-state index < -0.39 is 17.4 Å². The van der Waals surface area contributed by atoms with Gasteiger partial charge < -0.3 is 9.84 Å². The average molecular weight is 236 g/mol. The van der Waals surface area contributed by atoms with Crippen LogP contribution in [0.2, 0.25) is 0 Å². The summed E-state index contributed by atoms with van der Waals surface area (Å²) in [7, 11) is 0. The van der Waals surface area contributed by atoms with Gasteiger partial charge in [0.15, 0.2) is 5.60 Å². The van der Waals surface area contributed by atoms with Crippen LogP contribution in [0.25, 0.3) is 0 Å². The lowest BCUT2D eigenvalue weighted by molar-refractivity contribution is -0.135. The number of carbonyl (C=O) groups excluding carboxylic acids is 1. The van der Waals surface area contributed by atoms with Crippen LogP contribution in [-0.4, -0.2) is 22.5 Å². The van der Waals surface area contributed by atoms with Crippen molar-refractivity contribution in [3.8, 4) is 0 Å². The summed E-state index contributed by atoms with van der Waals surface area (Å²) in [5.74, 6) is -1.59. The SMILES string of the molecule is CC/C=C/C=C/[C@@]1(C)OC(C)=C(C(=O)O)C1=O. The van der Waals surface area contributed by atoms with Gasteiger partial charge in [0.05, 0.1) is 0 Å². The van der Waals surface area contributed by atoms with Gasteiger partial charge in [-0.1, -0.05) is 25.2 Å². The summed E-state index contributed by atoms with van der Waals surface area (Å²) in [6.07, 6.45) is 7.89. The minimum absolute atomic E-state index is 0.161. The van der Waals surface area contributed by atoms with Gasteiger partial charge in [0.1, 0.15) is 11.3 Å². The molecule has 4 heteroatoms. The molecule has 0 saturated heterocycles. The predicted octanol–water partition coefficient (Wildman–Crippen LogP) is 2.23. The molecule has 1 atom stereocenters. The first-order chi connectivity index (χ1) is 7.92. The van der Waals surface area contributed by atoms with Crippen LogP contribution in [0.4, 0.5) is 0 Å². The Morgan fingerprint density at radius 2 is 2.12 bits per heavy atom. The smallest absolute Gasteiger partial charge is 0.342 e. The molecule has 1 N–H and O–H groups in total. The fraction of sp³-hybridized carbons (Fsp3) is 0.385. The number of Topliss-reactive ketones (excluding diaryl/α,β-unsaturated/α-hetero) is 1. The quantitative estimate of drug-likeness (QED) is 0.600. The zero-order chi connectivity index (χ0) is 13.1. The molecule has 92 valence electrons. The van der Waals surface area contributed by atoms with Gasteiger partial charge in [0, 0.05) is 0 Å². The zero-order valence-electron chi connectivity index (χ0n) is 10.2. The Morgan fingerprint density at radius 1 is 1.47 bits per heavy atom. The molecule has 0 aromatic heterocycles. The van der Waals surface area contributed by atoms with E-state index in [9.17, 15) is 9.59 Å². The lowest BCUT2D eigenvalue weighted by Crippen LogP contribution is -2.32. The number of ether oxygens (including phenoxy) is 1. The summed E-state index contributed by atoms with van der Waals surface area (Å²) in [6, 6.07) is 0. The van der Waals surface area contributed by atoms with Gasteiger partial charge in [-0.15, -0.1) is 0 Å². The maximum absolute atomic E-state index is 11.9. The molecule has 1 heterocycles. The molecule has 0 aliphatic carbocycles. The topological polar surface area (TPSA) is 63.6 Å². The Hall–Kier alpha value is -1.84. The van der Waals surface area contributed by atoms with Gasteiger partial charge in [0.25, 0.3) is 0 Å². The Bertz CT molecular complexity index is 429. The first-order valence-corrected chi connectivity index (χ1v) is 5.44. The molecule has 0 fully saturated rings. The number of hydrogen-bond donors (Lipinski definition) is 1. The Kier molecular flexibility index (Phi) is 3.89. The van der Waals surface area contributed by atoms with Gasteiger partial charge in [-0.05, 0) is 26.3 Å². The number of aliphatic carboxylic acids is 1. The van der Waals surface area contributed by atoms with E-state index in [1.807, 2.05) is 13.0 Å². The third-order valence-corrected chi connectivity index (χ3v) is 2.51. The number of hydrogen-bond acceptors (Lipinski definition) is 3. The van der Waals surface area contributed by atoms with Crippen molar-refractivity contribution in [2.75, 3.05) is 0 Å². The second-order valence-corrected chi connectivity index (χ2v) is 3.97. The summed E-state index contributed by atoms with van der Waals surface area (Å²) < 4.78 is 5.34. The highest BCUT2D eigenvalue weighted by Gasteiger charge is 2.45. The molecular formula is C13H16O4. The summed E-state index contributed by atoms with van der Waals surface area (Å²) in [5, 5.41) is 8.90. The number of ketones is 1. The van der Waals surface area contributed by atoms with E-state index in [0.29, 0.717) is 0 Å². The van der Waals surface area contributed by atoms with E-state index in [4.69, 9.17) is 9.84 Å². The van der Waals surface area contributed by atoms with Gasteiger partial charge >= 0.3 is 5.97 Å². The molecule has 0 radical (unpaired) electrons. The van der Waals surface area contributed by atoms with Crippen LogP contribution in [0.3, 0.4) is 0 Å². The molecule has 1 aliphatic rings. The van der Waals surface area contributed by atoms with Crippen LogP contribution < -0.4 is 0 Å². The lowest BCUT2D eigenvalue weighted by atomic mass is 9.96. The van der Waals surface area contributed by atoms with E-state index >= 15 is 0 Å². The van der Waals surface area contributed by atoms with Crippen molar-refractivity contribution < 1.29 is 19.4 Å². The number of rotatable bonds is 4. The summed E-state index contributed by atoms with van der Waals surface area (Å²) in [4.78, 5) is 22.8. The maximum Gasteiger partial charge on any atom is 0.342 e. The summed E-state index contributed by atoms with van der Waals surface area (Å²) in [6.45, 7) is 5.05. The highest BCUT2D eigenvalue weighted by molar-refractivity contribution is 6.22. The third-order valence-electron chi connectivity index (χ3n) is 2.51. The normalized spacial score (nSPS) is 25.0. The first kappa shape index (κ1) is 13.2. The van der Waals surface area contributed by atoms with Crippen LogP contribution >= 0.6 is 0 Å². The molecule has 0 amide bonds. The van der Waals surface area contributed by atoms with Crippen LogP contribution in [0.15, 0.2) is 35.6 Å². The number of allylic oxidation sites excluding steroid dienone is 4. The minimum atomic E-state index is -1.24. The molecule has 0 aromatic rings. The van der Waals surface area contributed by atoms with E-state index in [1.54, 1.807) is 25.2 Å². The Balaban J connectivity index is 2.91. The van der Waals surface area contributed by atoms with Crippen LogP contribution in [-0.2, 0) is 14.3 Å². The first-order valence-electron chi connectivity index (χ1n) is 5.44. The van der Waals surface area contributed by atoms with Crippen LogP contribution in [0.1, 0.15) is 27.2 Å². The number of carboxylic acid groups (broad SMARTS) is 1. The van der Waals surface area contributed by atoms with E-state index in [-0.39, 0.29) is 11.3 Å². The molecule has 0 bridgehead atoms. The number of carboxylic acids is 1. The van der Waals surface area contributed by atoms with Gasteiger partial charge in [-0.3, -0.25) is 4.79 Å². The average Bonchev–Trinajstić information content (AvgIpc) is 2.45. The predicted molar refractivity (Wildman–Crippen MR) is 63.4 cm³/mol. The molecule has 0 saturated carbocycles. The molecule has 1 rings (SSSR count). The maximum atomic E-state index is 11.9. The standard InChI is InChI=1S/C13H16O4/c1-4-5-6-7-8-13(3)11(14)10(12(15)16)9(2)17-13/h5-8H,4H2,1-3H3,(H,15,16)/b6-5+,8-7+/t13-/m1/s1. The minimum Gasteiger partial charge on any atom is -0.479 e. The third kappa shape index (κ3) is 2.64. The monoisotopic (exact) mass is 236 g/mol. The van der Waals surface area contributed by atoms with E-state index in [2.05, 4.69) is 0 Å². The lowest BCUT2D eigenvalue weighted by Gasteiger charge is -2.18. The van der Waals surface area contributed by atoms with Crippen molar-refractivity contribution in [3.05, 3.63) is 35.6 Å². The Morgan fingerprint density at radius 3 is 2.59 bits per heavy atom. The largest absolute Gasteiger partial charge is 0.479 e. The van der Waals surface area contributed by atoms with Crippen molar-refractivity contribution >= 4 is 11.8 Å². The second-order valence-electron chi connectivity index (χ2n) is 3.97. The van der Waals surface area contributed by atoms with Crippen molar-refractivity contribution in [1.82, 2.24) is 0 Å². The van der Waals surface area contributed by atoms with Crippen molar-refractivity contribution in [2.45, 2.75) is 32.8 Å². The van der Waals surface area contributed by atoms with Crippen molar-refractivity contribution in [2.24, 2.45) is 0 Å². The molecule has 4 nitrogen and oxygen atoms in total. The fourth-order valence-corrected chi connectivity index (χ4v) is 1.63. The van der Waals surface area contributed by atoms with E-state index in [1.165, 1.54) is 6.92 Å². The van der Waals surface area contributed by atoms with E-state index in [0.717, 1.165) is 6.42 Å².